The van der Waals surface area contributed by atoms with E-state index < -0.39 is 0 Å². The van der Waals surface area contributed by atoms with Crippen molar-refractivity contribution in [1.29, 1.82) is 0 Å². The molecule has 0 spiro atoms. The van der Waals surface area contributed by atoms with Crippen molar-refractivity contribution in [1.82, 2.24) is 0 Å². The van der Waals surface area contributed by atoms with Crippen LogP contribution in [-0.2, 0) is 4.74 Å². The first kappa shape index (κ1) is 9.75. The average molecular weight is 192 g/mol. The standard InChI is InChI=1S/C8H16OS2/c1-6(2)9-7-5-10-11-8(7,3)4/h6-7H,5H2,1-4H3/t7-/m0/s1. The highest BCUT2D eigenvalue weighted by Crippen LogP contribution is 2.47. The molecule has 1 rings (SSSR count). The summed E-state index contributed by atoms with van der Waals surface area (Å²) in [4.78, 5) is 0. The second-order valence-corrected chi connectivity index (χ2v) is 6.64. The summed E-state index contributed by atoms with van der Waals surface area (Å²) in [6.07, 6.45) is 0.788. The summed E-state index contributed by atoms with van der Waals surface area (Å²) in [5.74, 6) is 1.13. The molecule has 1 nitrogen and oxygen atoms in total. The van der Waals surface area contributed by atoms with E-state index >= 15 is 0 Å². The van der Waals surface area contributed by atoms with Crippen LogP contribution in [0.15, 0.2) is 0 Å². The van der Waals surface area contributed by atoms with Gasteiger partial charge in [-0.15, -0.1) is 0 Å². The lowest BCUT2D eigenvalue weighted by atomic mass is 10.1. The lowest BCUT2D eigenvalue weighted by molar-refractivity contribution is 0.00749. The molecule has 66 valence electrons. The van der Waals surface area contributed by atoms with Crippen molar-refractivity contribution >= 4 is 21.6 Å². The summed E-state index contributed by atoms with van der Waals surface area (Å²) in [6, 6.07) is 0. The Bertz CT molecular complexity index is 134. The predicted molar refractivity (Wildman–Crippen MR) is 54.1 cm³/mol. The number of hydrogen-bond donors (Lipinski definition) is 0. The molecule has 0 radical (unpaired) electrons. The molecule has 0 aromatic rings. The predicted octanol–water partition coefficient (Wildman–Crippen LogP) is 2.95. The Morgan fingerprint density at radius 3 is 2.45 bits per heavy atom. The Kier molecular flexibility index (Phi) is 3.18. The smallest absolute Gasteiger partial charge is 0.0826 e. The zero-order valence-electron chi connectivity index (χ0n) is 7.59. The van der Waals surface area contributed by atoms with Gasteiger partial charge in [0.15, 0.2) is 0 Å². The van der Waals surface area contributed by atoms with Crippen molar-refractivity contribution < 1.29 is 4.74 Å². The van der Waals surface area contributed by atoms with E-state index in [0.717, 1.165) is 5.75 Å². The maximum Gasteiger partial charge on any atom is 0.0826 e. The monoisotopic (exact) mass is 192 g/mol. The minimum Gasteiger partial charge on any atom is -0.373 e. The summed E-state index contributed by atoms with van der Waals surface area (Å²) < 4.78 is 6.09. The van der Waals surface area contributed by atoms with Crippen molar-refractivity contribution in [3.63, 3.8) is 0 Å². The lowest BCUT2D eigenvalue weighted by Gasteiger charge is -2.26. The fourth-order valence-electron chi connectivity index (χ4n) is 1.03. The molecule has 1 fully saturated rings. The van der Waals surface area contributed by atoms with Crippen LogP contribution in [-0.4, -0.2) is 22.7 Å². The van der Waals surface area contributed by atoms with E-state index in [2.05, 4.69) is 27.7 Å². The van der Waals surface area contributed by atoms with Crippen molar-refractivity contribution in [3.05, 3.63) is 0 Å². The highest BCUT2D eigenvalue weighted by molar-refractivity contribution is 8.77. The molecule has 1 atom stereocenters. The van der Waals surface area contributed by atoms with Gasteiger partial charge in [0.25, 0.3) is 0 Å². The zero-order chi connectivity index (χ0) is 8.48. The van der Waals surface area contributed by atoms with Crippen molar-refractivity contribution in [2.45, 2.75) is 44.6 Å². The van der Waals surface area contributed by atoms with E-state index in [1.54, 1.807) is 0 Å². The van der Waals surface area contributed by atoms with E-state index in [-0.39, 0.29) is 0 Å². The van der Waals surface area contributed by atoms with Crippen LogP contribution in [0.25, 0.3) is 0 Å². The molecule has 0 unspecified atom stereocenters. The number of hydrogen-bond acceptors (Lipinski definition) is 3. The van der Waals surface area contributed by atoms with E-state index in [1.165, 1.54) is 0 Å². The van der Waals surface area contributed by atoms with Crippen LogP contribution >= 0.6 is 21.6 Å². The molecule has 0 saturated carbocycles. The van der Waals surface area contributed by atoms with Gasteiger partial charge >= 0.3 is 0 Å². The molecule has 0 aromatic heterocycles. The molecular formula is C8H16OS2. The molecule has 1 aliphatic rings. The minimum atomic E-state index is 0.301. The van der Waals surface area contributed by atoms with Gasteiger partial charge in [0.1, 0.15) is 0 Å². The molecule has 0 N–H and O–H groups in total. The Balaban J connectivity index is 2.45. The summed E-state index contributed by atoms with van der Waals surface area (Å²) in [5, 5.41) is 0. The highest BCUT2D eigenvalue weighted by atomic mass is 33.1. The van der Waals surface area contributed by atoms with E-state index in [4.69, 9.17) is 4.74 Å². The van der Waals surface area contributed by atoms with Crippen LogP contribution in [0.1, 0.15) is 27.7 Å². The zero-order valence-corrected chi connectivity index (χ0v) is 9.22. The van der Waals surface area contributed by atoms with Crippen molar-refractivity contribution in [2.75, 3.05) is 5.75 Å². The largest absolute Gasteiger partial charge is 0.373 e. The third kappa shape index (κ3) is 2.56. The fraction of sp³-hybridized carbons (Fsp3) is 1.00. The van der Waals surface area contributed by atoms with Gasteiger partial charge in [0.2, 0.25) is 0 Å². The third-order valence-corrected chi connectivity index (χ3v) is 5.00. The maximum atomic E-state index is 5.78. The van der Waals surface area contributed by atoms with Gasteiger partial charge < -0.3 is 4.74 Å². The molecule has 1 saturated heterocycles. The summed E-state index contributed by atoms with van der Waals surface area (Å²) >= 11 is 0. The van der Waals surface area contributed by atoms with Crippen LogP contribution in [0.3, 0.4) is 0 Å². The molecule has 0 amide bonds. The molecular weight excluding hydrogens is 176 g/mol. The minimum absolute atomic E-state index is 0.301. The molecule has 3 heteroatoms. The molecule has 11 heavy (non-hydrogen) atoms. The molecule has 0 aliphatic carbocycles. The van der Waals surface area contributed by atoms with Crippen LogP contribution in [0, 0.1) is 0 Å². The van der Waals surface area contributed by atoms with Gasteiger partial charge in [-0.3, -0.25) is 0 Å². The Morgan fingerprint density at radius 2 is 2.09 bits per heavy atom. The molecule has 1 aliphatic heterocycles. The highest BCUT2D eigenvalue weighted by Gasteiger charge is 2.37. The first-order valence-corrected chi connectivity index (χ1v) is 6.30. The maximum absolute atomic E-state index is 5.78. The van der Waals surface area contributed by atoms with Gasteiger partial charge in [-0.2, -0.15) is 0 Å². The summed E-state index contributed by atoms with van der Waals surface area (Å²) in [5.41, 5.74) is 0. The second kappa shape index (κ2) is 3.58. The first-order chi connectivity index (χ1) is 5.02. The van der Waals surface area contributed by atoms with Crippen LogP contribution in [0.2, 0.25) is 0 Å². The van der Waals surface area contributed by atoms with Gasteiger partial charge in [-0.25, -0.2) is 0 Å². The van der Waals surface area contributed by atoms with Crippen LogP contribution in [0.4, 0.5) is 0 Å². The van der Waals surface area contributed by atoms with E-state index in [9.17, 15) is 0 Å². The van der Waals surface area contributed by atoms with Crippen LogP contribution in [0.5, 0.6) is 0 Å². The van der Waals surface area contributed by atoms with Gasteiger partial charge in [-0.05, 0) is 27.7 Å². The SMILES string of the molecule is CC(C)O[C@H]1CSSC1(C)C. The summed E-state index contributed by atoms with van der Waals surface area (Å²) in [6.45, 7) is 8.71. The number of rotatable bonds is 2. The van der Waals surface area contributed by atoms with E-state index in [0.29, 0.717) is 17.0 Å². The van der Waals surface area contributed by atoms with Gasteiger partial charge in [0.05, 0.1) is 12.2 Å². The number of ether oxygens (including phenoxy) is 1. The normalized spacial score (nSPS) is 29.7. The lowest BCUT2D eigenvalue weighted by Crippen LogP contribution is -2.34. The summed E-state index contributed by atoms with van der Waals surface area (Å²) in [7, 11) is 3.86. The second-order valence-electron chi connectivity index (χ2n) is 3.64. The quantitative estimate of drug-likeness (QED) is 0.623. The molecule has 0 bridgehead atoms. The van der Waals surface area contributed by atoms with Gasteiger partial charge in [0, 0.05) is 10.5 Å². The third-order valence-electron chi connectivity index (χ3n) is 1.70. The Labute approximate surface area is 77.0 Å². The topological polar surface area (TPSA) is 9.23 Å². The fourth-order valence-corrected chi connectivity index (χ4v) is 4.18. The molecule has 0 aromatic carbocycles. The van der Waals surface area contributed by atoms with Crippen molar-refractivity contribution in [2.24, 2.45) is 0 Å². The van der Waals surface area contributed by atoms with E-state index in [1.807, 2.05) is 21.6 Å². The van der Waals surface area contributed by atoms with Crippen LogP contribution < -0.4 is 0 Å². The van der Waals surface area contributed by atoms with Crippen molar-refractivity contribution in [3.8, 4) is 0 Å². The Hall–Kier alpha value is 0.660. The average Bonchev–Trinajstić information content (AvgIpc) is 2.10. The first-order valence-electron chi connectivity index (χ1n) is 3.98. The molecule has 1 heterocycles. The van der Waals surface area contributed by atoms with Gasteiger partial charge in [-0.1, -0.05) is 21.6 Å². The Morgan fingerprint density at radius 1 is 1.45 bits per heavy atom.